The first kappa shape index (κ1) is 22.1. The number of nitrogens with one attached hydrogen (secondary N) is 2. The summed E-state index contributed by atoms with van der Waals surface area (Å²) in [6, 6.07) is 2.32. The van der Waals surface area contributed by atoms with Crippen molar-refractivity contribution >= 4 is 34.8 Å². The van der Waals surface area contributed by atoms with Crippen LogP contribution >= 0.6 is 11.6 Å². The summed E-state index contributed by atoms with van der Waals surface area (Å²) in [5, 5.41) is 8.71. The number of aromatic amines is 1. The highest BCUT2D eigenvalue weighted by molar-refractivity contribution is 6.33. The molecule has 2 aromatic rings. The van der Waals surface area contributed by atoms with Crippen molar-refractivity contribution in [3.05, 3.63) is 46.5 Å². The number of alkyl halides is 3. The molecule has 0 spiro atoms. The van der Waals surface area contributed by atoms with Crippen LogP contribution in [0.25, 0.3) is 5.57 Å². The molecule has 0 amide bonds. The molecule has 1 aliphatic rings. The number of ether oxygens (including phenoxy) is 2. The summed E-state index contributed by atoms with van der Waals surface area (Å²) in [5.41, 5.74) is 4.75. The maximum absolute atomic E-state index is 13.9. The molecule has 0 bridgehead atoms. The largest absolute Gasteiger partial charge is 0.417 e. The van der Waals surface area contributed by atoms with Gasteiger partial charge < -0.3 is 20.5 Å². The second-order valence-corrected chi connectivity index (χ2v) is 7.29. The van der Waals surface area contributed by atoms with Gasteiger partial charge in [0.15, 0.2) is 0 Å². The lowest BCUT2D eigenvalue weighted by Gasteiger charge is -2.28. The van der Waals surface area contributed by atoms with Crippen LogP contribution in [0.2, 0.25) is 5.02 Å². The summed E-state index contributed by atoms with van der Waals surface area (Å²) in [4.78, 5) is 3.82. The molecule has 2 unspecified atom stereocenters. The number of halogens is 4. The number of hydrogen-bond donors (Lipinski definition) is 3. The number of allylic oxidation sites excluding steroid dienone is 2. The van der Waals surface area contributed by atoms with Gasteiger partial charge in [-0.05, 0) is 37.6 Å². The number of nitrogen functional groups attached to an aromatic ring is 1. The van der Waals surface area contributed by atoms with Gasteiger partial charge in [-0.1, -0.05) is 23.8 Å². The molecule has 0 radical (unpaired) electrons. The summed E-state index contributed by atoms with van der Waals surface area (Å²) in [5.74, 6) is 0.0483. The zero-order valence-corrected chi connectivity index (χ0v) is 17.2. The normalized spacial score (nSPS) is 19.3. The van der Waals surface area contributed by atoms with E-state index < -0.39 is 23.9 Å². The van der Waals surface area contributed by atoms with Gasteiger partial charge in [0, 0.05) is 18.4 Å². The van der Waals surface area contributed by atoms with Crippen LogP contribution in [-0.2, 0) is 15.7 Å². The lowest BCUT2D eigenvalue weighted by molar-refractivity contribution is -0.137. The maximum atomic E-state index is 13.9. The van der Waals surface area contributed by atoms with Crippen molar-refractivity contribution in [2.45, 2.75) is 38.3 Å². The van der Waals surface area contributed by atoms with E-state index in [1.54, 1.807) is 18.2 Å². The Hall–Kier alpha value is -2.56. The predicted octanol–water partition coefficient (Wildman–Crippen LogP) is 4.56. The average molecular weight is 444 g/mol. The van der Waals surface area contributed by atoms with Crippen molar-refractivity contribution in [1.82, 2.24) is 15.2 Å². The van der Waals surface area contributed by atoms with E-state index in [1.165, 1.54) is 13.2 Å². The molecule has 1 aliphatic carbocycles. The Bertz CT molecular complexity index is 972. The maximum Gasteiger partial charge on any atom is 0.417 e. The third-order valence-corrected chi connectivity index (χ3v) is 4.58. The number of benzene rings is 1. The van der Waals surface area contributed by atoms with E-state index in [2.05, 4.69) is 20.5 Å². The number of rotatable bonds is 6. The van der Waals surface area contributed by atoms with Crippen LogP contribution in [0.3, 0.4) is 0 Å². The van der Waals surface area contributed by atoms with Crippen LogP contribution < -0.4 is 11.1 Å². The van der Waals surface area contributed by atoms with Crippen LogP contribution in [0.5, 0.6) is 0 Å². The number of nitrogens with two attached hydrogens (primary N) is 1. The molecule has 162 valence electrons. The SMILES string of the molecule is COC1C=CC(c2c(Cl)cc(Nc3n[nH]c(N)n3)cc2C(F)(F)F)=CC1OC(C)C. The Labute approximate surface area is 176 Å². The van der Waals surface area contributed by atoms with Crippen LogP contribution in [-0.4, -0.2) is 40.6 Å². The highest BCUT2D eigenvalue weighted by atomic mass is 35.5. The minimum absolute atomic E-state index is 0.0227. The second-order valence-electron chi connectivity index (χ2n) is 6.88. The Balaban J connectivity index is 2.05. The fraction of sp³-hybridized carbons (Fsp3) is 0.368. The molecule has 1 aromatic heterocycles. The third kappa shape index (κ3) is 4.94. The quantitative estimate of drug-likeness (QED) is 0.605. The zero-order valence-electron chi connectivity index (χ0n) is 16.4. The Kier molecular flexibility index (Phi) is 6.39. The highest BCUT2D eigenvalue weighted by Gasteiger charge is 2.36. The van der Waals surface area contributed by atoms with Crippen molar-refractivity contribution < 1.29 is 22.6 Å². The summed E-state index contributed by atoms with van der Waals surface area (Å²) < 4.78 is 52.9. The monoisotopic (exact) mass is 443 g/mol. The molecule has 1 aromatic carbocycles. The van der Waals surface area contributed by atoms with Gasteiger partial charge >= 0.3 is 6.18 Å². The Morgan fingerprint density at radius 3 is 2.57 bits per heavy atom. The van der Waals surface area contributed by atoms with Gasteiger partial charge in [-0.25, -0.2) is 5.10 Å². The molecular formula is C19H21ClF3N5O2. The minimum Gasteiger partial charge on any atom is -0.374 e. The van der Waals surface area contributed by atoms with Gasteiger partial charge in [-0.3, -0.25) is 0 Å². The summed E-state index contributed by atoms with van der Waals surface area (Å²) in [6.45, 7) is 3.67. The van der Waals surface area contributed by atoms with Crippen molar-refractivity contribution in [1.29, 1.82) is 0 Å². The van der Waals surface area contributed by atoms with Gasteiger partial charge in [-0.2, -0.15) is 18.2 Å². The second kappa shape index (κ2) is 8.66. The first-order valence-corrected chi connectivity index (χ1v) is 9.40. The molecule has 11 heteroatoms. The molecular weight excluding hydrogens is 423 g/mol. The number of anilines is 3. The topological polar surface area (TPSA) is 98.1 Å². The number of nitrogens with zero attached hydrogens (tertiary/aromatic N) is 2. The van der Waals surface area contributed by atoms with Crippen molar-refractivity contribution in [2.75, 3.05) is 18.2 Å². The summed E-state index contributed by atoms with van der Waals surface area (Å²) in [6.07, 6.45) is -0.976. The number of H-pyrrole nitrogens is 1. The van der Waals surface area contributed by atoms with Crippen LogP contribution in [0.4, 0.5) is 30.8 Å². The van der Waals surface area contributed by atoms with Gasteiger partial charge in [0.1, 0.15) is 12.2 Å². The molecule has 30 heavy (non-hydrogen) atoms. The molecule has 0 aliphatic heterocycles. The lowest BCUT2D eigenvalue weighted by atomic mass is 9.92. The van der Waals surface area contributed by atoms with E-state index in [0.29, 0.717) is 5.57 Å². The smallest absolute Gasteiger partial charge is 0.374 e. The molecule has 0 fully saturated rings. The highest BCUT2D eigenvalue weighted by Crippen LogP contribution is 2.42. The van der Waals surface area contributed by atoms with E-state index in [9.17, 15) is 13.2 Å². The summed E-state index contributed by atoms with van der Waals surface area (Å²) in [7, 11) is 1.51. The van der Waals surface area contributed by atoms with Gasteiger partial charge in [0.2, 0.25) is 11.9 Å². The molecule has 0 saturated carbocycles. The first-order chi connectivity index (χ1) is 14.1. The van der Waals surface area contributed by atoms with Gasteiger partial charge in [0.05, 0.1) is 16.7 Å². The van der Waals surface area contributed by atoms with E-state index in [1.807, 2.05) is 13.8 Å². The standard InChI is InChI=1S/C19H21ClF3N5O2/c1-9(2)30-15-6-10(4-5-14(15)29-3)16-12(19(21,22)23)7-11(8-13(16)20)25-18-26-17(24)27-28-18/h4-9,14-15H,1-3H3,(H4,24,25,26,27,28). The van der Waals surface area contributed by atoms with Gasteiger partial charge in [0.25, 0.3) is 0 Å². The van der Waals surface area contributed by atoms with Crippen LogP contribution in [0.15, 0.2) is 30.4 Å². The fourth-order valence-electron chi connectivity index (χ4n) is 3.10. The fourth-order valence-corrected chi connectivity index (χ4v) is 3.43. The first-order valence-electron chi connectivity index (χ1n) is 9.02. The minimum atomic E-state index is -4.66. The molecule has 1 heterocycles. The van der Waals surface area contributed by atoms with Crippen molar-refractivity contribution in [2.24, 2.45) is 0 Å². The lowest BCUT2D eigenvalue weighted by Crippen LogP contribution is -2.31. The number of aromatic nitrogens is 3. The Morgan fingerprint density at radius 1 is 1.27 bits per heavy atom. The van der Waals surface area contributed by atoms with E-state index >= 15 is 0 Å². The van der Waals surface area contributed by atoms with Gasteiger partial charge in [-0.15, -0.1) is 5.10 Å². The van der Waals surface area contributed by atoms with Crippen molar-refractivity contribution in [3.63, 3.8) is 0 Å². The molecule has 3 rings (SSSR count). The third-order valence-electron chi connectivity index (χ3n) is 4.28. The van der Waals surface area contributed by atoms with Crippen LogP contribution in [0, 0.1) is 0 Å². The molecule has 0 saturated heterocycles. The zero-order chi connectivity index (χ0) is 22.1. The van der Waals surface area contributed by atoms with E-state index in [-0.39, 0.29) is 34.3 Å². The summed E-state index contributed by atoms with van der Waals surface area (Å²) >= 11 is 6.31. The Morgan fingerprint density at radius 2 is 2.00 bits per heavy atom. The molecule has 7 nitrogen and oxygen atoms in total. The average Bonchev–Trinajstić information content (AvgIpc) is 3.04. The number of methoxy groups -OCH3 is 1. The van der Waals surface area contributed by atoms with Crippen LogP contribution in [0.1, 0.15) is 25.0 Å². The predicted molar refractivity (Wildman–Crippen MR) is 108 cm³/mol. The molecule has 2 atom stereocenters. The van der Waals surface area contributed by atoms with E-state index in [4.69, 9.17) is 26.8 Å². The number of hydrogen-bond acceptors (Lipinski definition) is 6. The van der Waals surface area contributed by atoms with Crippen molar-refractivity contribution in [3.8, 4) is 0 Å². The van der Waals surface area contributed by atoms with E-state index in [0.717, 1.165) is 6.07 Å². The molecule has 4 N–H and O–H groups in total.